The molecule has 1 rings (SSSR count). The van der Waals surface area contributed by atoms with Gasteiger partial charge in [0, 0.05) is 6.42 Å². The molecular weight excluding hydrogens is 141 g/mol. The third kappa shape index (κ3) is 0.955. The zero-order valence-corrected chi connectivity index (χ0v) is 5.73. The monoisotopic (exact) mass is 147 g/mol. The standard InChI is InChI=1S/C4H6NO3P/c6-3-1-2(9)4(7)5(3)8/h2,8H,1,9H2. The zero-order chi connectivity index (χ0) is 7.02. The van der Waals surface area contributed by atoms with E-state index in [0.717, 1.165) is 0 Å². The van der Waals surface area contributed by atoms with Crippen LogP contribution in [0, 0.1) is 0 Å². The van der Waals surface area contributed by atoms with Gasteiger partial charge < -0.3 is 0 Å². The number of hydrogen-bond donors (Lipinski definition) is 1. The summed E-state index contributed by atoms with van der Waals surface area (Å²) in [4.78, 5) is 21.0. The Morgan fingerprint density at radius 1 is 1.67 bits per heavy atom. The average molecular weight is 147 g/mol. The Balaban J connectivity index is 2.77. The largest absolute Gasteiger partial charge is 0.278 e. The van der Waals surface area contributed by atoms with Gasteiger partial charge >= 0.3 is 0 Å². The van der Waals surface area contributed by atoms with Crippen LogP contribution in [0.15, 0.2) is 0 Å². The lowest BCUT2D eigenvalue weighted by Crippen LogP contribution is -2.26. The smallest absolute Gasteiger partial charge is 0.260 e. The number of hydroxylamine groups is 2. The summed E-state index contributed by atoms with van der Waals surface area (Å²) < 4.78 is 0. The number of imide groups is 1. The second-order valence-corrected chi connectivity index (χ2v) is 2.66. The van der Waals surface area contributed by atoms with E-state index in [9.17, 15) is 9.59 Å². The summed E-state index contributed by atoms with van der Waals surface area (Å²) in [6, 6.07) is 0. The van der Waals surface area contributed by atoms with Gasteiger partial charge in [0.25, 0.3) is 11.8 Å². The fourth-order valence-corrected chi connectivity index (χ4v) is 0.985. The second-order valence-electron chi connectivity index (χ2n) is 1.85. The molecule has 50 valence electrons. The lowest BCUT2D eigenvalue weighted by molar-refractivity contribution is -0.170. The zero-order valence-electron chi connectivity index (χ0n) is 4.57. The van der Waals surface area contributed by atoms with E-state index in [1.54, 1.807) is 0 Å². The molecule has 1 saturated heterocycles. The third-order valence-electron chi connectivity index (χ3n) is 1.16. The predicted molar refractivity (Wildman–Crippen MR) is 31.8 cm³/mol. The molecule has 1 aliphatic heterocycles. The average Bonchev–Trinajstić information content (AvgIpc) is 1.98. The predicted octanol–water partition coefficient (Wildman–Crippen LogP) is -0.622. The molecule has 0 aromatic heterocycles. The van der Waals surface area contributed by atoms with Crippen LogP contribution in [-0.2, 0) is 9.59 Å². The number of nitrogens with zero attached hydrogens (tertiary/aromatic N) is 1. The lowest BCUT2D eigenvalue weighted by Gasteiger charge is -2.00. The first kappa shape index (κ1) is 6.65. The van der Waals surface area contributed by atoms with Crippen LogP contribution in [0.25, 0.3) is 0 Å². The minimum atomic E-state index is -0.537. The molecule has 0 saturated carbocycles. The lowest BCUT2D eigenvalue weighted by atomic mass is 10.4. The Labute approximate surface area is 54.0 Å². The molecule has 1 fully saturated rings. The summed E-state index contributed by atoms with van der Waals surface area (Å²) in [6.07, 6.45) is 0.0972. The highest BCUT2D eigenvalue weighted by atomic mass is 31.0. The number of hydrogen-bond acceptors (Lipinski definition) is 3. The molecule has 5 heteroatoms. The van der Waals surface area contributed by atoms with Crippen molar-refractivity contribution < 1.29 is 14.8 Å². The van der Waals surface area contributed by atoms with Gasteiger partial charge in [-0.3, -0.25) is 14.8 Å². The Kier molecular flexibility index (Phi) is 1.51. The van der Waals surface area contributed by atoms with Crippen LogP contribution < -0.4 is 0 Å². The van der Waals surface area contributed by atoms with Crippen molar-refractivity contribution in [3.63, 3.8) is 0 Å². The summed E-state index contributed by atoms with van der Waals surface area (Å²) in [6.45, 7) is 0. The van der Waals surface area contributed by atoms with Gasteiger partial charge in [0.05, 0.1) is 5.66 Å². The summed E-state index contributed by atoms with van der Waals surface area (Å²) >= 11 is 0. The topological polar surface area (TPSA) is 57.6 Å². The maximum Gasteiger partial charge on any atom is 0.260 e. The van der Waals surface area contributed by atoms with Gasteiger partial charge in [0.2, 0.25) is 0 Å². The van der Waals surface area contributed by atoms with Gasteiger partial charge in [0.15, 0.2) is 0 Å². The number of carbonyl (C=O) groups excluding carboxylic acids is 2. The summed E-state index contributed by atoms with van der Waals surface area (Å²) in [5.41, 5.74) is -0.428. The molecule has 2 amide bonds. The first-order valence-corrected chi connectivity index (χ1v) is 3.11. The molecule has 0 aromatic rings. The summed E-state index contributed by atoms with van der Waals surface area (Å²) in [5.74, 6) is -1.06. The second kappa shape index (κ2) is 2.05. The van der Waals surface area contributed by atoms with Crippen LogP contribution in [-0.4, -0.2) is 27.7 Å². The third-order valence-corrected chi connectivity index (χ3v) is 1.68. The van der Waals surface area contributed by atoms with E-state index in [1.165, 1.54) is 0 Å². The fourth-order valence-electron chi connectivity index (χ4n) is 0.642. The van der Waals surface area contributed by atoms with Crippen molar-refractivity contribution in [2.24, 2.45) is 0 Å². The maximum atomic E-state index is 10.5. The van der Waals surface area contributed by atoms with Crippen LogP contribution in [0.2, 0.25) is 0 Å². The van der Waals surface area contributed by atoms with Crippen molar-refractivity contribution >= 4 is 21.1 Å². The van der Waals surface area contributed by atoms with E-state index in [4.69, 9.17) is 5.21 Å². The molecular formula is C4H6NO3P. The van der Waals surface area contributed by atoms with E-state index in [-0.39, 0.29) is 11.5 Å². The molecule has 1 N–H and O–H groups in total. The quantitative estimate of drug-likeness (QED) is 0.282. The van der Waals surface area contributed by atoms with Crippen molar-refractivity contribution in [2.75, 3.05) is 0 Å². The fraction of sp³-hybridized carbons (Fsp3) is 0.500. The van der Waals surface area contributed by atoms with E-state index in [0.29, 0.717) is 0 Å². The van der Waals surface area contributed by atoms with Gasteiger partial charge in [-0.2, -0.15) is 5.06 Å². The van der Waals surface area contributed by atoms with Crippen molar-refractivity contribution in [3.8, 4) is 0 Å². The van der Waals surface area contributed by atoms with Crippen LogP contribution in [0.4, 0.5) is 0 Å². The SMILES string of the molecule is O=C1CC(P)C(=O)N1O. The Morgan fingerprint density at radius 3 is 2.33 bits per heavy atom. The Morgan fingerprint density at radius 2 is 2.22 bits per heavy atom. The molecule has 0 spiro atoms. The normalized spacial score (nSPS) is 27.8. The van der Waals surface area contributed by atoms with Crippen molar-refractivity contribution in [1.82, 2.24) is 5.06 Å². The van der Waals surface area contributed by atoms with Crippen LogP contribution >= 0.6 is 9.24 Å². The van der Waals surface area contributed by atoms with E-state index >= 15 is 0 Å². The molecule has 0 aliphatic carbocycles. The molecule has 4 nitrogen and oxygen atoms in total. The van der Waals surface area contributed by atoms with E-state index < -0.39 is 17.5 Å². The molecule has 0 bridgehead atoms. The molecule has 2 unspecified atom stereocenters. The first-order valence-electron chi connectivity index (χ1n) is 2.44. The van der Waals surface area contributed by atoms with E-state index in [1.807, 2.05) is 0 Å². The molecule has 9 heavy (non-hydrogen) atoms. The van der Waals surface area contributed by atoms with E-state index in [2.05, 4.69) is 9.24 Å². The minimum Gasteiger partial charge on any atom is -0.278 e. The minimum absolute atomic E-state index is 0.0972. The molecule has 0 radical (unpaired) electrons. The van der Waals surface area contributed by atoms with Crippen LogP contribution in [0.3, 0.4) is 0 Å². The van der Waals surface area contributed by atoms with Crippen molar-refractivity contribution in [3.05, 3.63) is 0 Å². The Bertz CT molecular complexity index is 169. The van der Waals surface area contributed by atoms with Gasteiger partial charge in [-0.15, -0.1) is 9.24 Å². The molecule has 2 atom stereocenters. The highest BCUT2D eigenvalue weighted by molar-refractivity contribution is 7.19. The highest BCUT2D eigenvalue weighted by Gasteiger charge is 2.34. The molecule has 1 heterocycles. The molecule has 0 aromatic carbocycles. The van der Waals surface area contributed by atoms with Crippen molar-refractivity contribution in [2.45, 2.75) is 12.1 Å². The first-order chi connectivity index (χ1) is 4.13. The van der Waals surface area contributed by atoms with Crippen LogP contribution in [0.1, 0.15) is 6.42 Å². The molecule has 1 aliphatic rings. The number of carbonyl (C=O) groups is 2. The summed E-state index contributed by atoms with van der Waals surface area (Å²) in [5, 5.41) is 8.72. The van der Waals surface area contributed by atoms with Gasteiger partial charge in [-0.1, -0.05) is 0 Å². The van der Waals surface area contributed by atoms with Crippen molar-refractivity contribution in [1.29, 1.82) is 0 Å². The van der Waals surface area contributed by atoms with Gasteiger partial charge in [-0.05, 0) is 0 Å². The summed E-state index contributed by atoms with van der Waals surface area (Å²) in [7, 11) is 2.19. The Hall–Kier alpha value is -0.470. The number of rotatable bonds is 0. The van der Waals surface area contributed by atoms with Gasteiger partial charge in [-0.25, -0.2) is 0 Å². The number of amides is 2. The van der Waals surface area contributed by atoms with Gasteiger partial charge in [0.1, 0.15) is 0 Å². The maximum absolute atomic E-state index is 10.5. The van der Waals surface area contributed by atoms with Crippen LogP contribution in [0.5, 0.6) is 0 Å². The highest BCUT2D eigenvalue weighted by Crippen LogP contribution is 2.17.